The van der Waals surface area contributed by atoms with Gasteiger partial charge in [0.25, 0.3) is 0 Å². The highest BCUT2D eigenvalue weighted by molar-refractivity contribution is 5.84. The molecule has 0 aliphatic rings. The van der Waals surface area contributed by atoms with Crippen molar-refractivity contribution in [1.82, 2.24) is 4.98 Å². The van der Waals surface area contributed by atoms with Crippen molar-refractivity contribution >= 4 is 10.9 Å². The number of nitrogens with one attached hydrogen (secondary N) is 1. The number of aryl methyl sites for hydroxylation is 2. The van der Waals surface area contributed by atoms with E-state index in [1.165, 1.54) is 5.56 Å². The molecular formula is C24H21NO. The van der Waals surface area contributed by atoms with Crippen LogP contribution in [0.1, 0.15) is 22.3 Å². The van der Waals surface area contributed by atoms with Gasteiger partial charge in [0.1, 0.15) is 0 Å². The van der Waals surface area contributed by atoms with Crippen LogP contribution < -0.4 is 5.43 Å². The van der Waals surface area contributed by atoms with Gasteiger partial charge in [-0.15, -0.1) is 0 Å². The van der Waals surface area contributed by atoms with Gasteiger partial charge in [0, 0.05) is 17.4 Å². The molecular weight excluding hydrogens is 318 g/mol. The molecule has 0 saturated heterocycles. The Morgan fingerprint density at radius 2 is 1.42 bits per heavy atom. The van der Waals surface area contributed by atoms with Crippen LogP contribution in [0.3, 0.4) is 0 Å². The summed E-state index contributed by atoms with van der Waals surface area (Å²) in [6.45, 7) is 4.13. The van der Waals surface area contributed by atoms with Crippen molar-refractivity contribution in [3.63, 3.8) is 0 Å². The molecule has 0 saturated carbocycles. The Labute approximate surface area is 153 Å². The van der Waals surface area contributed by atoms with E-state index in [4.69, 9.17) is 0 Å². The third kappa shape index (κ3) is 2.95. The molecule has 0 aliphatic carbocycles. The summed E-state index contributed by atoms with van der Waals surface area (Å²) in [6, 6.07) is 24.3. The smallest absolute Gasteiger partial charge is 0.193 e. The van der Waals surface area contributed by atoms with Crippen LogP contribution >= 0.6 is 0 Å². The topological polar surface area (TPSA) is 32.9 Å². The van der Waals surface area contributed by atoms with Crippen LogP contribution in [0.25, 0.3) is 22.2 Å². The van der Waals surface area contributed by atoms with E-state index in [-0.39, 0.29) is 5.43 Å². The number of H-pyrrole nitrogens is 1. The summed E-state index contributed by atoms with van der Waals surface area (Å²) >= 11 is 0. The fourth-order valence-electron chi connectivity index (χ4n) is 3.41. The lowest BCUT2D eigenvalue weighted by Gasteiger charge is -2.13. The van der Waals surface area contributed by atoms with Crippen LogP contribution in [0.4, 0.5) is 0 Å². The molecule has 2 heteroatoms. The first-order valence-corrected chi connectivity index (χ1v) is 8.89. The standard InChI is InChI=1S/C24H21NO/c1-16-13-20-22(14-17(16)2)25-23(19-11-7-4-8-12-19)21(24(20)26)15-18-9-5-3-6-10-18/h3-14H,15H2,1-2H3,(H,25,26). The van der Waals surface area contributed by atoms with Gasteiger partial charge in [0.2, 0.25) is 0 Å². The molecule has 1 N–H and O–H groups in total. The van der Waals surface area contributed by atoms with E-state index >= 15 is 0 Å². The summed E-state index contributed by atoms with van der Waals surface area (Å²) in [4.78, 5) is 16.9. The zero-order valence-corrected chi connectivity index (χ0v) is 15.0. The van der Waals surface area contributed by atoms with Gasteiger partial charge < -0.3 is 4.98 Å². The van der Waals surface area contributed by atoms with Crippen molar-refractivity contribution in [2.75, 3.05) is 0 Å². The average Bonchev–Trinajstić information content (AvgIpc) is 2.67. The Hall–Kier alpha value is -3.13. The fourth-order valence-corrected chi connectivity index (χ4v) is 3.41. The second kappa shape index (κ2) is 6.64. The monoisotopic (exact) mass is 339 g/mol. The third-order valence-electron chi connectivity index (χ3n) is 5.00. The van der Waals surface area contributed by atoms with Crippen molar-refractivity contribution in [3.8, 4) is 11.3 Å². The Bertz CT molecular complexity index is 1130. The van der Waals surface area contributed by atoms with E-state index in [0.29, 0.717) is 6.42 Å². The van der Waals surface area contributed by atoms with E-state index in [1.54, 1.807) is 0 Å². The van der Waals surface area contributed by atoms with Crippen molar-refractivity contribution < 1.29 is 0 Å². The van der Waals surface area contributed by atoms with Crippen LogP contribution in [0.5, 0.6) is 0 Å². The first kappa shape index (κ1) is 16.3. The lowest BCUT2D eigenvalue weighted by Crippen LogP contribution is -2.14. The molecule has 128 valence electrons. The maximum atomic E-state index is 13.4. The second-order valence-electron chi connectivity index (χ2n) is 6.82. The van der Waals surface area contributed by atoms with E-state index in [1.807, 2.05) is 54.6 Å². The van der Waals surface area contributed by atoms with Gasteiger partial charge in [-0.2, -0.15) is 0 Å². The minimum atomic E-state index is 0.115. The van der Waals surface area contributed by atoms with Gasteiger partial charge in [0.15, 0.2) is 5.43 Å². The molecule has 1 heterocycles. The van der Waals surface area contributed by atoms with Crippen molar-refractivity contribution in [2.45, 2.75) is 20.3 Å². The summed E-state index contributed by atoms with van der Waals surface area (Å²) in [6.07, 6.45) is 0.614. The predicted molar refractivity (Wildman–Crippen MR) is 109 cm³/mol. The third-order valence-corrected chi connectivity index (χ3v) is 5.00. The minimum absolute atomic E-state index is 0.115. The first-order chi connectivity index (χ1) is 12.6. The van der Waals surface area contributed by atoms with Crippen molar-refractivity contribution in [3.05, 3.63) is 105 Å². The number of rotatable bonds is 3. The van der Waals surface area contributed by atoms with E-state index in [9.17, 15) is 4.79 Å². The van der Waals surface area contributed by atoms with Gasteiger partial charge >= 0.3 is 0 Å². The zero-order chi connectivity index (χ0) is 18.1. The zero-order valence-electron chi connectivity index (χ0n) is 15.0. The number of aromatic amines is 1. The van der Waals surface area contributed by atoms with Gasteiger partial charge in [-0.3, -0.25) is 4.79 Å². The summed E-state index contributed by atoms with van der Waals surface area (Å²) in [5.74, 6) is 0. The Morgan fingerprint density at radius 1 is 0.808 bits per heavy atom. The summed E-state index contributed by atoms with van der Waals surface area (Å²) in [5, 5.41) is 0.763. The molecule has 3 aromatic carbocycles. The number of hydrogen-bond donors (Lipinski definition) is 1. The molecule has 0 spiro atoms. The van der Waals surface area contributed by atoms with Gasteiger partial charge in [-0.25, -0.2) is 0 Å². The van der Waals surface area contributed by atoms with E-state index < -0.39 is 0 Å². The number of hydrogen-bond acceptors (Lipinski definition) is 1. The molecule has 26 heavy (non-hydrogen) atoms. The van der Waals surface area contributed by atoms with Crippen molar-refractivity contribution in [2.24, 2.45) is 0 Å². The van der Waals surface area contributed by atoms with E-state index in [2.05, 4.69) is 37.0 Å². The van der Waals surface area contributed by atoms with E-state index in [0.717, 1.165) is 38.9 Å². The lowest BCUT2D eigenvalue weighted by molar-refractivity contribution is 1.15. The molecule has 0 bridgehead atoms. The summed E-state index contributed by atoms with van der Waals surface area (Å²) in [7, 11) is 0. The minimum Gasteiger partial charge on any atom is -0.354 e. The molecule has 4 aromatic rings. The molecule has 0 unspecified atom stereocenters. The molecule has 0 atom stereocenters. The fraction of sp³-hybridized carbons (Fsp3) is 0.125. The number of fused-ring (bicyclic) bond motifs is 1. The Kier molecular flexibility index (Phi) is 4.18. The highest BCUT2D eigenvalue weighted by atomic mass is 16.1. The quantitative estimate of drug-likeness (QED) is 0.532. The average molecular weight is 339 g/mol. The van der Waals surface area contributed by atoms with Crippen molar-refractivity contribution in [1.29, 1.82) is 0 Å². The normalized spacial score (nSPS) is 11.0. The Balaban J connectivity index is 2.01. The van der Waals surface area contributed by atoms with Gasteiger partial charge in [-0.1, -0.05) is 60.7 Å². The molecule has 0 aliphatic heterocycles. The molecule has 0 radical (unpaired) electrons. The highest BCUT2D eigenvalue weighted by Gasteiger charge is 2.15. The number of aromatic nitrogens is 1. The van der Waals surface area contributed by atoms with Crippen LogP contribution in [0.15, 0.2) is 77.6 Å². The highest BCUT2D eigenvalue weighted by Crippen LogP contribution is 2.25. The molecule has 1 aromatic heterocycles. The largest absolute Gasteiger partial charge is 0.354 e. The van der Waals surface area contributed by atoms with Crippen LogP contribution in [0, 0.1) is 13.8 Å². The SMILES string of the molecule is Cc1cc2[nH]c(-c3ccccc3)c(Cc3ccccc3)c(=O)c2cc1C. The number of benzene rings is 3. The molecule has 0 amide bonds. The second-order valence-corrected chi connectivity index (χ2v) is 6.82. The Morgan fingerprint density at radius 3 is 2.12 bits per heavy atom. The molecule has 4 rings (SSSR count). The lowest BCUT2D eigenvalue weighted by atomic mass is 9.96. The summed E-state index contributed by atoms with van der Waals surface area (Å²) in [5.41, 5.74) is 7.24. The molecule has 2 nitrogen and oxygen atoms in total. The van der Waals surface area contributed by atoms with Gasteiger partial charge in [-0.05, 0) is 48.2 Å². The predicted octanol–water partition coefficient (Wildman–Crippen LogP) is 5.40. The maximum Gasteiger partial charge on any atom is 0.193 e. The van der Waals surface area contributed by atoms with Crippen LogP contribution in [-0.4, -0.2) is 4.98 Å². The van der Waals surface area contributed by atoms with Crippen LogP contribution in [-0.2, 0) is 6.42 Å². The maximum absolute atomic E-state index is 13.4. The number of pyridine rings is 1. The van der Waals surface area contributed by atoms with Crippen LogP contribution in [0.2, 0.25) is 0 Å². The molecule has 0 fully saturated rings. The first-order valence-electron chi connectivity index (χ1n) is 8.89. The van der Waals surface area contributed by atoms with Gasteiger partial charge in [0.05, 0.1) is 11.2 Å². The summed E-state index contributed by atoms with van der Waals surface area (Å²) < 4.78 is 0.